The first-order chi connectivity index (χ1) is 11.2. The minimum absolute atomic E-state index is 0.255. The van der Waals surface area contributed by atoms with E-state index in [9.17, 15) is 5.11 Å². The molecular formula is C18H21BrN3O+. The number of hydrogen-bond donors (Lipinski definition) is 2. The second kappa shape index (κ2) is 7.62. The van der Waals surface area contributed by atoms with E-state index >= 15 is 0 Å². The summed E-state index contributed by atoms with van der Waals surface area (Å²) in [6.07, 6.45) is 1.74. The van der Waals surface area contributed by atoms with Crippen molar-refractivity contribution in [3.05, 3.63) is 64.1 Å². The number of phenols is 1. The van der Waals surface area contributed by atoms with Crippen LogP contribution in [0.15, 0.2) is 58.1 Å². The summed E-state index contributed by atoms with van der Waals surface area (Å²) in [7, 11) is 0. The minimum Gasteiger partial charge on any atom is -0.507 e. The van der Waals surface area contributed by atoms with Gasteiger partial charge >= 0.3 is 0 Å². The van der Waals surface area contributed by atoms with Gasteiger partial charge in [0.05, 0.1) is 32.4 Å². The minimum atomic E-state index is 0.255. The predicted molar refractivity (Wildman–Crippen MR) is 95.8 cm³/mol. The van der Waals surface area contributed by atoms with Crippen LogP contribution in [-0.2, 0) is 6.54 Å². The maximum Gasteiger partial charge on any atom is 0.124 e. The van der Waals surface area contributed by atoms with E-state index in [-0.39, 0.29) is 5.75 Å². The highest BCUT2D eigenvalue weighted by Crippen LogP contribution is 2.20. The predicted octanol–water partition coefficient (Wildman–Crippen LogP) is 1.89. The van der Waals surface area contributed by atoms with Gasteiger partial charge in [0, 0.05) is 15.6 Å². The summed E-state index contributed by atoms with van der Waals surface area (Å²) in [6, 6.07) is 16.0. The number of hydrogen-bond acceptors (Lipinski definition) is 3. The molecule has 1 heterocycles. The van der Waals surface area contributed by atoms with E-state index in [1.807, 2.05) is 12.1 Å². The quantitative estimate of drug-likeness (QED) is 0.802. The van der Waals surface area contributed by atoms with Gasteiger partial charge in [0.25, 0.3) is 0 Å². The number of nitrogens with zero attached hydrogens (tertiary/aromatic N) is 2. The van der Waals surface area contributed by atoms with Gasteiger partial charge in [0.2, 0.25) is 0 Å². The number of nitrogens with one attached hydrogen (secondary N) is 1. The van der Waals surface area contributed by atoms with Gasteiger partial charge in [-0.2, -0.15) is 5.10 Å². The Balaban J connectivity index is 1.53. The fourth-order valence-electron chi connectivity index (χ4n) is 2.76. The molecule has 5 heteroatoms. The van der Waals surface area contributed by atoms with Gasteiger partial charge in [-0.05, 0) is 18.2 Å². The summed E-state index contributed by atoms with van der Waals surface area (Å²) in [5.74, 6) is 0.255. The molecule has 0 spiro atoms. The Labute approximate surface area is 145 Å². The Morgan fingerprint density at radius 1 is 1.13 bits per heavy atom. The van der Waals surface area contributed by atoms with Gasteiger partial charge < -0.3 is 10.0 Å². The van der Waals surface area contributed by atoms with E-state index in [4.69, 9.17) is 0 Å². The van der Waals surface area contributed by atoms with Crippen molar-refractivity contribution < 1.29 is 10.0 Å². The standard InChI is InChI=1S/C18H20BrN3O/c19-17-6-7-18(23)16(12-17)13-20-22-10-8-21(9-11-22)14-15-4-2-1-3-5-15/h1-7,12-13,23H,8-11,14H2/p+1/b20-13+. The molecule has 1 fully saturated rings. The third-order valence-corrected chi connectivity index (χ3v) is 4.59. The van der Waals surface area contributed by atoms with E-state index < -0.39 is 0 Å². The lowest BCUT2D eigenvalue weighted by molar-refractivity contribution is -0.918. The summed E-state index contributed by atoms with van der Waals surface area (Å²) in [5.41, 5.74) is 2.12. The first-order valence-electron chi connectivity index (χ1n) is 7.85. The molecule has 1 saturated heterocycles. The molecule has 23 heavy (non-hydrogen) atoms. The van der Waals surface area contributed by atoms with Gasteiger partial charge in [-0.3, -0.25) is 5.01 Å². The molecule has 1 aliphatic heterocycles. The highest BCUT2D eigenvalue weighted by molar-refractivity contribution is 9.10. The first kappa shape index (κ1) is 16.0. The van der Waals surface area contributed by atoms with Crippen LogP contribution in [0.1, 0.15) is 11.1 Å². The van der Waals surface area contributed by atoms with Gasteiger partial charge in [-0.15, -0.1) is 0 Å². The van der Waals surface area contributed by atoms with Crippen LogP contribution in [0.2, 0.25) is 0 Å². The van der Waals surface area contributed by atoms with Crippen LogP contribution in [-0.4, -0.2) is 42.5 Å². The molecule has 2 N–H and O–H groups in total. The van der Waals surface area contributed by atoms with Crippen molar-refractivity contribution in [2.75, 3.05) is 26.2 Å². The normalized spacial score (nSPS) is 16.1. The third kappa shape index (κ3) is 4.56. The van der Waals surface area contributed by atoms with Gasteiger partial charge in [-0.25, -0.2) is 0 Å². The van der Waals surface area contributed by atoms with E-state index in [2.05, 4.69) is 56.4 Å². The number of aromatic hydroxyl groups is 1. The number of piperazine rings is 1. The summed E-state index contributed by atoms with van der Waals surface area (Å²) < 4.78 is 0.939. The smallest absolute Gasteiger partial charge is 0.124 e. The summed E-state index contributed by atoms with van der Waals surface area (Å²) in [6.45, 7) is 5.11. The molecule has 0 atom stereocenters. The molecule has 0 amide bonds. The summed E-state index contributed by atoms with van der Waals surface area (Å²) >= 11 is 3.41. The van der Waals surface area contributed by atoms with Crippen LogP contribution in [0.3, 0.4) is 0 Å². The fraction of sp³-hybridized carbons (Fsp3) is 0.278. The zero-order valence-electron chi connectivity index (χ0n) is 13.0. The molecule has 4 nitrogen and oxygen atoms in total. The molecule has 3 rings (SSSR count). The van der Waals surface area contributed by atoms with Crippen LogP contribution >= 0.6 is 15.9 Å². The molecule has 1 aliphatic rings. The zero-order chi connectivity index (χ0) is 16.1. The maximum absolute atomic E-state index is 9.84. The number of rotatable bonds is 4. The highest BCUT2D eigenvalue weighted by atomic mass is 79.9. The van der Waals surface area contributed by atoms with Crippen LogP contribution in [0.4, 0.5) is 0 Å². The van der Waals surface area contributed by atoms with Crippen molar-refractivity contribution in [2.24, 2.45) is 5.10 Å². The lowest BCUT2D eigenvalue weighted by Gasteiger charge is -2.30. The molecule has 0 saturated carbocycles. The average molecular weight is 375 g/mol. The van der Waals surface area contributed by atoms with Gasteiger partial charge in [0.15, 0.2) is 0 Å². The second-order valence-corrected chi connectivity index (χ2v) is 6.73. The van der Waals surface area contributed by atoms with Gasteiger partial charge in [-0.1, -0.05) is 46.3 Å². The molecule has 0 radical (unpaired) electrons. The second-order valence-electron chi connectivity index (χ2n) is 5.81. The molecular weight excluding hydrogens is 354 g/mol. The zero-order valence-corrected chi connectivity index (χ0v) is 14.5. The van der Waals surface area contributed by atoms with Crippen LogP contribution in [0.5, 0.6) is 5.75 Å². The molecule has 0 aromatic heterocycles. The number of benzene rings is 2. The number of quaternary nitrogens is 1. The Bertz CT molecular complexity index is 667. The number of phenolic OH excluding ortho intramolecular Hbond substituents is 1. The van der Waals surface area contributed by atoms with E-state index in [1.165, 1.54) is 5.56 Å². The lowest BCUT2D eigenvalue weighted by Crippen LogP contribution is -3.13. The van der Waals surface area contributed by atoms with E-state index in [1.54, 1.807) is 17.2 Å². The Kier molecular flexibility index (Phi) is 5.31. The van der Waals surface area contributed by atoms with Crippen LogP contribution < -0.4 is 4.90 Å². The average Bonchev–Trinajstić information content (AvgIpc) is 2.58. The van der Waals surface area contributed by atoms with Crippen molar-refractivity contribution in [1.29, 1.82) is 0 Å². The molecule has 2 aromatic carbocycles. The molecule has 0 bridgehead atoms. The van der Waals surface area contributed by atoms with E-state index in [0.29, 0.717) is 0 Å². The lowest BCUT2D eigenvalue weighted by atomic mass is 10.2. The molecule has 2 aromatic rings. The summed E-state index contributed by atoms with van der Waals surface area (Å²) in [5, 5.41) is 16.4. The van der Waals surface area contributed by atoms with Crippen molar-refractivity contribution in [2.45, 2.75) is 6.54 Å². The largest absolute Gasteiger partial charge is 0.507 e. The monoisotopic (exact) mass is 374 g/mol. The third-order valence-electron chi connectivity index (χ3n) is 4.09. The Morgan fingerprint density at radius 2 is 1.87 bits per heavy atom. The Morgan fingerprint density at radius 3 is 2.61 bits per heavy atom. The molecule has 0 unspecified atom stereocenters. The van der Waals surface area contributed by atoms with Crippen LogP contribution in [0.25, 0.3) is 0 Å². The highest BCUT2D eigenvalue weighted by Gasteiger charge is 2.18. The van der Waals surface area contributed by atoms with E-state index in [0.717, 1.165) is 42.8 Å². The molecule has 0 aliphatic carbocycles. The number of halogens is 1. The topological polar surface area (TPSA) is 40.3 Å². The molecule has 120 valence electrons. The fourth-order valence-corrected chi connectivity index (χ4v) is 3.14. The van der Waals surface area contributed by atoms with Crippen molar-refractivity contribution in [3.63, 3.8) is 0 Å². The van der Waals surface area contributed by atoms with Crippen molar-refractivity contribution >= 4 is 22.1 Å². The van der Waals surface area contributed by atoms with Gasteiger partial charge in [0.1, 0.15) is 12.3 Å². The number of hydrazone groups is 1. The van der Waals surface area contributed by atoms with Crippen molar-refractivity contribution in [1.82, 2.24) is 5.01 Å². The maximum atomic E-state index is 9.84. The van der Waals surface area contributed by atoms with Crippen molar-refractivity contribution in [3.8, 4) is 5.75 Å². The summed E-state index contributed by atoms with van der Waals surface area (Å²) in [4.78, 5) is 1.59. The Hall–Kier alpha value is -1.85. The SMILES string of the molecule is Oc1ccc(Br)cc1/C=N/N1CC[NH+](Cc2ccccc2)CC1. The first-order valence-corrected chi connectivity index (χ1v) is 8.65. The van der Waals surface area contributed by atoms with Crippen LogP contribution in [0, 0.1) is 0 Å².